The van der Waals surface area contributed by atoms with E-state index in [2.05, 4.69) is 0 Å². The lowest BCUT2D eigenvalue weighted by atomic mass is 10.3. The van der Waals surface area contributed by atoms with Gasteiger partial charge in [0.2, 0.25) is 6.73 Å². The molecule has 0 radical (unpaired) electrons. The first kappa shape index (κ1) is 6.64. The summed E-state index contributed by atoms with van der Waals surface area (Å²) >= 11 is 0. The lowest BCUT2D eigenvalue weighted by Gasteiger charge is -2.18. The summed E-state index contributed by atoms with van der Waals surface area (Å²) in [5.41, 5.74) is 1.05. The number of fused-ring (bicyclic) bond motifs is 1. The quantitative estimate of drug-likeness (QED) is 0.440. The maximum atomic E-state index is 5.90. The standard InChI is InChI=1S/C8H11N2O/c1-10(9)6-11-8-5-3-2-4-7(8)10/h2-5H,6,9H2,1H3/q+1. The minimum absolute atomic E-state index is 0.330. The van der Waals surface area contributed by atoms with Crippen molar-refractivity contribution in [3.05, 3.63) is 24.3 Å². The Labute approximate surface area is 65.5 Å². The summed E-state index contributed by atoms with van der Waals surface area (Å²) in [7, 11) is 1.92. The van der Waals surface area contributed by atoms with Crippen molar-refractivity contribution in [3.63, 3.8) is 0 Å². The molecule has 0 aromatic heterocycles. The van der Waals surface area contributed by atoms with E-state index in [1.165, 1.54) is 0 Å². The second-order valence-corrected chi connectivity index (χ2v) is 3.01. The van der Waals surface area contributed by atoms with Crippen molar-refractivity contribution in [1.29, 1.82) is 0 Å². The van der Waals surface area contributed by atoms with Crippen LogP contribution in [0.4, 0.5) is 5.69 Å². The molecule has 3 heteroatoms. The fourth-order valence-corrected chi connectivity index (χ4v) is 1.27. The van der Waals surface area contributed by atoms with Gasteiger partial charge in [0.15, 0.2) is 11.4 Å². The normalized spacial score (nSPS) is 27.8. The molecule has 0 saturated heterocycles. The van der Waals surface area contributed by atoms with E-state index in [0.717, 1.165) is 11.4 Å². The molecule has 1 aromatic carbocycles. The average Bonchev–Trinajstić information content (AvgIpc) is 2.29. The first-order chi connectivity index (χ1) is 5.20. The summed E-state index contributed by atoms with van der Waals surface area (Å²) in [6, 6.07) is 7.84. The third kappa shape index (κ3) is 0.895. The molecule has 3 nitrogen and oxygen atoms in total. The van der Waals surface area contributed by atoms with Gasteiger partial charge in [0, 0.05) is 6.07 Å². The second kappa shape index (κ2) is 1.96. The third-order valence-corrected chi connectivity index (χ3v) is 1.90. The van der Waals surface area contributed by atoms with Gasteiger partial charge in [-0.15, -0.1) is 0 Å². The van der Waals surface area contributed by atoms with E-state index in [9.17, 15) is 0 Å². The van der Waals surface area contributed by atoms with Gasteiger partial charge in [-0.25, -0.2) is 0 Å². The van der Waals surface area contributed by atoms with E-state index in [1.54, 1.807) is 0 Å². The first-order valence-corrected chi connectivity index (χ1v) is 3.57. The summed E-state index contributed by atoms with van der Waals surface area (Å²) in [5.74, 6) is 6.80. The van der Waals surface area contributed by atoms with Gasteiger partial charge in [-0.1, -0.05) is 12.1 Å². The molecule has 0 fully saturated rings. The predicted molar refractivity (Wildman–Crippen MR) is 43.8 cm³/mol. The molecule has 1 aromatic rings. The molecule has 1 heterocycles. The molecule has 58 valence electrons. The van der Waals surface area contributed by atoms with Crippen molar-refractivity contribution >= 4 is 5.69 Å². The molecule has 1 unspecified atom stereocenters. The molecule has 1 aliphatic rings. The maximum Gasteiger partial charge on any atom is 0.245 e. The van der Waals surface area contributed by atoms with Gasteiger partial charge in [-0.3, -0.25) is 0 Å². The van der Waals surface area contributed by atoms with Crippen molar-refractivity contribution in [2.45, 2.75) is 0 Å². The van der Waals surface area contributed by atoms with Crippen LogP contribution in [0.5, 0.6) is 5.75 Å². The number of rotatable bonds is 0. The van der Waals surface area contributed by atoms with E-state index in [1.807, 2.05) is 31.3 Å². The maximum absolute atomic E-state index is 5.90. The minimum atomic E-state index is 0.330. The van der Waals surface area contributed by atoms with Crippen molar-refractivity contribution in [2.75, 3.05) is 13.8 Å². The van der Waals surface area contributed by atoms with E-state index < -0.39 is 0 Å². The summed E-state index contributed by atoms with van der Waals surface area (Å²) in [6.07, 6.45) is 0. The monoisotopic (exact) mass is 151 g/mol. The highest BCUT2D eigenvalue weighted by Crippen LogP contribution is 2.34. The van der Waals surface area contributed by atoms with Crippen LogP contribution in [0.2, 0.25) is 0 Å². The summed E-state index contributed by atoms with van der Waals surface area (Å²) in [6.45, 7) is 0.527. The lowest BCUT2D eigenvalue weighted by Crippen LogP contribution is -2.51. The Bertz CT molecular complexity index is 283. The Kier molecular flexibility index (Phi) is 1.19. The molecule has 1 aliphatic heterocycles. The highest BCUT2D eigenvalue weighted by molar-refractivity contribution is 5.56. The van der Waals surface area contributed by atoms with Crippen LogP contribution in [-0.4, -0.2) is 13.8 Å². The molecular weight excluding hydrogens is 140 g/mol. The summed E-state index contributed by atoms with van der Waals surface area (Å²) in [5, 5.41) is 0. The van der Waals surface area contributed by atoms with Crippen molar-refractivity contribution in [3.8, 4) is 5.75 Å². The molecule has 0 bridgehead atoms. The Morgan fingerprint density at radius 2 is 2.18 bits per heavy atom. The van der Waals surface area contributed by atoms with Crippen molar-refractivity contribution < 1.29 is 4.74 Å². The smallest absolute Gasteiger partial charge is 0.245 e. The van der Waals surface area contributed by atoms with E-state index in [0.29, 0.717) is 11.3 Å². The van der Waals surface area contributed by atoms with Crippen LogP contribution in [0.3, 0.4) is 0 Å². The van der Waals surface area contributed by atoms with Gasteiger partial charge < -0.3 is 4.74 Å². The highest BCUT2D eigenvalue weighted by atomic mass is 16.5. The van der Waals surface area contributed by atoms with Crippen molar-refractivity contribution in [2.24, 2.45) is 5.84 Å². The molecular formula is C8H11N2O+. The van der Waals surface area contributed by atoms with Gasteiger partial charge in [0.25, 0.3) is 0 Å². The molecule has 2 rings (SSSR count). The van der Waals surface area contributed by atoms with E-state index >= 15 is 0 Å². The minimum Gasteiger partial charge on any atom is -0.437 e. The number of benzene rings is 1. The van der Waals surface area contributed by atoms with E-state index in [-0.39, 0.29) is 0 Å². The fraction of sp³-hybridized carbons (Fsp3) is 0.250. The third-order valence-electron chi connectivity index (χ3n) is 1.90. The molecule has 0 aliphatic carbocycles. The predicted octanol–water partition coefficient (Wildman–Crippen LogP) is 0.847. The Balaban J connectivity index is 2.56. The second-order valence-electron chi connectivity index (χ2n) is 3.01. The number of quaternary nitrogens is 1. The highest BCUT2D eigenvalue weighted by Gasteiger charge is 2.32. The van der Waals surface area contributed by atoms with Gasteiger partial charge >= 0.3 is 0 Å². The molecule has 0 amide bonds. The largest absolute Gasteiger partial charge is 0.437 e. The summed E-state index contributed by atoms with van der Waals surface area (Å²) in [4.78, 5) is 0. The number of nitrogens with zero attached hydrogens (tertiary/aromatic N) is 1. The fourth-order valence-electron chi connectivity index (χ4n) is 1.27. The number of ether oxygens (including phenoxy) is 1. The van der Waals surface area contributed by atoms with E-state index in [4.69, 9.17) is 10.6 Å². The average molecular weight is 151 g/mol. The number of nitrogens with two attached hydrogens (primary N) is 1. The topological polar surface area (TPSA) is 35.2 Å². The molecule has 0 spiro atoms. The zero-order chi connectivity index (χ0) is 7.90. The first-order valence-electron chi connectivity index (χ1n) is 3.57. The van der Waals surface area contributed by atoms with Gasteiger partial charge in [0.1, 0.15) is 0 Å². The SMILES string of the molecule is C[N+]1(N)COc2ccccc21. The Morgan fingerprint density at radius 3 is 2.91 bits per heavy atom. The number of hydrogen-bond donors (Lipinski definition) is 1. The van der Waals surface area contributed by atoms with Gasteiger partial charge in [-0.2, -0.15) is 10.4 Å². The zero-order valence-electron chi connectivity index (χ0n) is 6.45. The van der Waals surface area contributed by atoms with Gasteiger partial charge in [-0.05, 0) is 6.07 Å². The zero-order valence-corrected chi connectivity index (χ0v) is 6.45. The van der Waals surface area contributed by atoms with Gasteiger partial charge in [0.05, 0.1) is 7.05 Å². The molecule has 1 atom stereocenters. The molecule has 11 heavy (non-hydrogen) atoms. The van der Waals surface area contributed by atoms with Crippen LogP contribution in [0.1, 0.15) is 0 Å². The van der Waals surface area contributed by atoms with Crippen LogP contribution in [-0.2, 0) is 0 Å². The summed E-state index contributed by atoms with van der Waals surface area (Å²) < 4.78 is 5.69. The van der Waals surface area contributed by atoms with Crippen LogP contribution in [0, 0.1) is 0 Å². The van der Waals surface area contributed by atoms with Crippen LogP contribution >= 0.6 is 0 Å². The Morgan fingerprint density at radius 1 is 1.45 bits per heavy atom. The lowest BCUT2D eigenvalue weighted by molar-refractivity contribution is 0.203. The Hall–Kier alpha value is -1.06. The number of hydrogen-bond acceptors (Lipinski definition) is 2. The van der Waals surface area contributed by atoms with Crippen LogP contribution in [0.25, 0.3) is 0 Å². The number of para-hydroxylation sites is 2. The van der Waals surface area contributed by atoms with Crippen LogP contribution < -0.4 is 15.2 Å². The molecule has 2 N–H and O–H groups in total. The van der Waals surface area contributed by atoms with Crippen LogP contribution in [0.15, 0.2) is 24.3 Å². The molecule has 0 saturated carbocycles. The van der Waals surface area contributed by atoms with Crippen molar-refractivity contribution in [1.82, 2.24) is 4.59 Å².